The van der Waals surface area contributed by atoms with E-state index in [4.69, 9.17) is 5.73 Å². The maximum atomic E-state index is 12.0. The van der Waals surface area contributed by atoms with Crippen LogP contribution in [-0.4, -0.2) is 33.2 Å². The number of sulfonamides is 1. The van der Waals surface area contributed by atoms with Crippen LogP contribution in [0.2, 0.25) is 0 Å². The second kappa shape index (κ2) is 6.23. The maximum absolute atomic E-state index is 12.0. The molecule has 0 saturated carbocycles. The van der Waals surface area contributed by atoms with E-state index in [-0.39, 0.29) is 18.1 Å². The molecular weight excluding hydrogens is 278 g/mol. The number of nitrogens with two attached hydrogens (primary N) is 1. The molecule has 0 aromatic heterocycles. The number of rotatable bonds is 4. The van der Waals surface area contributed by atoms with Crippen LogP contribution in [0.3, 0.4) is 0 Å². The number of nitrogens with one attached hydrogen (secondary N) is 1. The molecule has 0 bridgehead atoms. The summed E-state index contributed by atoms with van der Waals surface area (Å²) in [4.78, 5) is 11.4. The Morgan fingerprint density at radius 1 is 1.25 bits per heavy atom. The number of benzene rings is 1. The quantitative estimate of drug-likeness (QED) is 0.863. The van der Waals surface area contributed by atoms with Gasteiger partial charge in [0.15, 0.2) is 0 Å². The van der Waals surface area contributed by atoms with Gasteiger partial charge in [0, 0.05) is 25.2 Å². The molecule has 0 atom stereocenters. The van der Waals surface area contributed by atoms with Crippen molar-refractivity contribution >= 4 is 27.3 Å². The number of hydrogen-bond acceptors (Lipinski definition) is 4. The van der Waals surface area contributed by atoms with E-state index >= 15 is 0 Å². The summed E-state index contributed by atoms with van der Waals surface area (Å²) in [5, 5.41) is 2.71. The summed E-state index contributed by atoms with van der Waals surface area (Å²) in [5.41, 5.74) is 6.58. The van der Waals surface area contributed by atoms with Gasteiger partial charge in [-0.3, -0.25) is 9.10 Å². The number of hydrogen-bond donors (Lipinski definition) is 2. The number of anilines is 2. The number of carbonyl (C=O) groups is 1. The van der Waals surface area contributed by atoms with E-state index in [9.17, 15) is 13.2 Å². The topological polar surface area (TPSA) is 92.5 Å². The molecule has 1 amide bonds. The number of amides is 1. The van der Waals surface area contributed by atoms with Crippen LogP contribution in [0.15, 0.2) is 24.3 Å². The molecular formula is C13H19N3O3S. The molecule has 2 rings (SSSR count). The van der Waals surface area contributed by atoms with Crippen molar-refractivity contribution in [2.45, 2.75) is 19.3 Å². The van der Waals surface area contributed by atoms with Crippen molar-refractivity contribution in [3.05, 3.63) is 24.3 Å². The molecule has 1 heterocycles. The maximum Gasteiger partial charge on any atom is 0.235 e. The average molecular weight is 297 g/mol. The molecule has 1 aliphatic rings. The Hall–Kier alpha value is -1.60. The standard InChI is InChI=1S/C13H19N3O3S/c14-8-7-13(17)15-11-3-5-12(6-4-11)16-9-1-2-10-20(16,18)19/h3-6H,1-2,7-10,14H2,(H,15,17). The first-order chi connectivity index (χ1) is 9.53. The highest BCUT2D eigenvalue weighted by Gasteiger charge is 2.25. The minimum atomic E-state index is -3.19. The van der Waals surface area contributed by atoms with Crippen molar-refractivity contribution in [2.75, 3.05) is 28.5 Å². The predicted molar refractivity (Wildman–Crippen MR) is 79.1 cm³/mol. The monoisotopic (exact) mass is 297 g/mol. The summed E-state index contributed by atoms with van der Waals surface area (Å²) in [5.74, 6) is 0.0490. The normalized spacial score (nSPS) is 17.8. The van der Waals surface area contributed by atoms with Crippen LogP contribution in [0.1, 0.15) is 19.3 Å². The van der Waals surface area contributed by atoms with Crippen LogP contribution in [0, 0.1) is 0 Å². The van der Waals surface area contributed by atoms with Gasteiger partial charge in [0.1, 0.15) is 0 Å². The van der Waals surface area contributed by atoms with Gasteiger partial charge in [-0.2, -0.15) is 0 Å². The number of carbonyl (C=O) groups excluding carboxylic acids is 1. The summed E-state index contributed by atoms with van der Waals surface area (Å²) >= 11 is 0. The molecule has 3 N–H and O–H groups in total. The first-order valence-electron chi connectivity index (χ1n) is 6.63. The molecule has 110 valence electrons. The van der Waals surface area contributed by atoms with Crippen LogP contribution in [0.4, 0.5) is 11.4 Å². The Balaban J connectivity index is 2.10. The molecule has 1 fully saturated rings. The van der Waals surface area contributed by atoms with Crippen LogP contribution >= 0.6 is 0 Å². The van der Waals surface area contributed by atoms with E-state index in [1.807, 2.05) is 0 Å². The van der Waals surface area contributed by atoms with E-state index in [0.29, 0.717) is 30.9 Å². The lowest BCUT2D eigenvalue weighted by atomic mass is 10.2. The fraction of sp³-hybridized carbons (Fsp3) is 0.462. The van der Waals surface area contributed by atoms with Crippen molar-refractivity contribution in [2.24, 2.45) is 5.73 Å². The zero-order valence-electron chi connectivity index (χ0n) is 11.2. The first-order valence-corrected chi connectivity index (χ1v) is 8.24. The zero-order chi connectivity index (χ0) is 14.6. The smallest absolute Gasteiger partial charge is 0.235 e. The summed E-state index contributed by atoms with van der Waals surface area (Å²) < 4.78 is 25.4. The van der Waals surface area contributed by atoms with Gasteiger partial charge in [-0.1, -0.05) is 0 Å². The van der Waals surface area contributed by atoms with Gasteiger partial charge in [0.2, 0.25) is 15.9 Å². The van der Waals surface area contributed by atoms with Gasteiger partial charge in [0.25, 0.3) is 0 Å². The fourth-order valence-electron chi connectivity index (χ4n) is 2.14. The van der Waals surface area contributed by atoms with E-state index in [1.54, 1.807) is 24.3 Å². The predicted octanol–water partition coefficient (Wildman–Crippen LogP) is 0.904. The molecule has 1 saturated heterocycles. The Labute approximate surface area is 119 Å². The van der Waals surface area contributed by atoms with E-state index in [0.717, 1.165) is 6.42 Å². The molecule has 1 aromatic carbocycles. The van der Waals surface area contributed by atoms with E-state index < -0.39 is 10.0 Å². The van der Waals surface area contributed by atoms with Gasteiger partial charge in [0.05, 0.1) is 11.4 Å². The lowest BCUT2D eigenvalue weighted by Crippen LogP contribution is -2.37. The van der Waals surface area contributed by atoms with Gasteiger partial charge in [-0.25, -0.2) is 8.42 Å². The summed E-state index contributed by atoms with van der Waals surface area (Å²) in [6.07, 6.45) is 1.85. The third-order valence-corrected chi connectivity index (χ3v) is 5.03. The highest BCUT2D eigenvalue weighted by Crippen LogP contribution is 2.24. The molecule has 0 radical (unpaired) electrons. The Morgan fingerprint density at radius 2 is 1.95 bits per heavy atom. The van der Waals surface area contributed by atoms with Gasteiger partial charge >= 0.3 is 0 Å². The molecule has 1 aromatic rings. The summed E-state index contributed by atoms with van der Waals surface area (Å²) in [6.45, 7) is 0.817. The van der Waals surface area contributed by atoms with Crippen molar-refractivity contribution in [3.63, 3.8) is 0 Å². The fourth-order valence-corrected chi connectivity index (χ4v) is 3.78. The minimum absolute atomic E-state index is 0.147. The molecule has 7 heteroatoms. The van der Waals surface area contributed by atoms with Crippen LogP contribution in [0.5, 0.6) is 0 Å². The SMILES string of the molecule is NCCC(=O)Nc1ccc(N2CCCCS2(=O)=O)cc1. The van der Waals surface area contributed by atoms with Crippen LogP contribution in [0.25, 0.3) is 0 Å². The molecule has 0 spiro atoms. The first kappa shape index (κ1) is 14.8. The lowest BCUT2D eigenvalue weighted by Gasteiger charge is -2.28. The third-order valence-electron chi connectivity index (χ3n) is 3.16. The summed E-state index contributed by atoms with van der Waals surface area (Å²) in [6, 6.07) is 6.82. The largest absolute Gasteiger partial charge is 0.330 e. The lowest BCUT2D eigenvalue weighted by molar-refractivity contribution is -0.116. The zero-order valence-corrected chi connectivity index (χ0v) is 12.0. The number of nitrogens with zero attached hydrogens (tertiary/aromatic N) is 1. The van der Waals surface area contributed by atoms with Crippen molar-refractivity contribution in [1.29, 1.82) is 0 Å². The van der Waals surface area contributed by atoms with Crippen molar-refractivity contribution in [1.82, 2.24) is 0 Å². The average Bonchev–Trinajstić information content (AvgIpc) is 2.40. The molecule has 0 aliphatic carbocycles. The van der Waals surface area contributed by atoms with Gasteiger partial charge < -0.3 is 11.1 Å². The van der Waals surface area contributed by atoms with Crippen molar-refractivity contribution in [3.8, 4) is 0 Å². The molecule has 6 nitrogen and oxygen atoms in total. The Bertz CT molecular complexity index is 569. The molecule has 1 aliphatic heterocycles. The van der Waals surface area contributed by atoms with E-state index in [1.165, 1.54) is 4.31 Å². The third kappa shape index (κ3) is 3.49. The van der Waals surface area contributed by atoms with Crippen LogP contribution in [-0.2, 0) is 14.8 Å². The summed E-state index contributed by atoms with van der Waals surface area (Å²) in [7, 11) is -3.19. The van der Waals surface area contributed by atoms with Gasteiger partial charge in [-0.15, -0.1) is 0 Å². The van der Waals surface area contributed by atoms with Gasteiger partial charge in [-0.05, 0) is 37.1 Å². The Morgan fingerprint density at radius 3 is 2.55 bits per heavy atom. The molecule has 20 heavy (non-hydrogen) atoms. The molecule has 0 unspecified atom stereocenters. The highest BCUT2D eigenvalue weighted by molar-refractivity contribution is 7.92. The highest BCUT2D eigenvalue weighted by atomic mass is 32.2. The second-order valence-corrected chi connectivity index (χ2v) is 6.74. The van der Waals surface area contributed by atoms with Crippen molar-refractivity contribution < 1.29 is 13.2 Å². The van der Waals surface area contributed by atoms with Crippen LogP contribution < -0.4 is 15.4 Å². The minimum Gasteiger partial charge on any atom is -0.330 e. The Kier molecular flexibility index (Phi) is 4.61. The van der Waals surface area contributed by atoms with E-state index in [2.05, 4.69) is 5.32 Å². The second-order valence-electron chi connectivity index (χ2n) is 4.73.